The quantitative estimate of drug-likeness (QED) is 0.640. The van der Waals surface area contributed by atoms with Crippen molar-refractivity contribution >= 4 is 17.7 Å². The molecule has 1 heterocycles. The fourth-order valence-electron chi connectivity index (χ4n) is 3.01. The van der Waals surface area contributed by atoms with Crippen LogP contribution >= 0.6 is 0 Å². The molecule has 1 atom stereocenters. The lowest BCUT2D eigenvalue weighted by Gasteiger charge is -2.16. The van der Waals surface area contributed by atoms with Crippen LogP contribution in [-0.4, -0.2) is 35.8 Å². The summed E-state index contributed by atoms with van der Waals surface area (Å²) in [6.45, 7) is 1.52. The Morgan fingerprint density at radius 1 is 1.15 bits per heavy atom. The Balaban J connectivity index is 1.80. The summed E-state index contributed by atoms with van der Waals surface area (Å²) in [5, 5.41) is 2.73. The van der Waals surface area contributed by atoms with Crippen molar-refractivity contribution < 1.29 is 19.1 Å². The van der Waals surface area contributed by atoms with Crippen molar-refractivity contribution in [2.24, 2.45) is 0 Å². The van der Waals surface area contributed by atoms with Crippen LogP contribution < -0.4 is 10.1 Å². The first-order chi connectivity index (χ1) is 12.5. The van der Waals surface area contributed by atoms with Crippen LogP contribution in [0.2, 0.25) is 0 Å². The minimum Gasteiger partial charge on any atom is -0.496 e. The van der Waals surface area contributed by atoms with Gasteiger partial charge in [-0.15, -0.1) is 0 Å². The van der Waals surface area contributed by atoms with Crippen LogP contribution in [0.4, 0.5) is 4.79 Å². The summed E-state index contributed by atoms with van der Waals surface area (Å²) >= 11 is 0. The van der Waals surface area contributed by atoms with Gasteiger partial charge in [-0.25, -0.2) is 4.79 Å². The Kier molecular flexibility index (Phi) is 5.02. The van der Waals surface area contributed by atoms with Gasteiger partial charge in [0.15, 0.2) is 5.78 Å². The number of ether oxygens (including phenoxy) is 1. The number of amides is 3. The van der Waals surface area contributed by atoms with Gasteiger partial charge in [-0.3, -0.25) is 14.5 Å². The summed E-state index contributed by atoms with van der Waals surface area (Å²) in [6.07, 6.45) is 0.437. The number of carbonyl (C=O) groups excluding carboxylic acids is 3. The SMILES string of the molecule is COc1ccc(C(C)=O)cc1CN1C(=O)N[C@H](Cc2ccccc2)C1=O. The second-order valence-electron chi connectivity index (χ2n) is 6.20. The van der Waals surface area contributed by atoms with Crippen LogP contribution in [-0.2, 0) is 17.8 Å². The van der Waals surface area contributed by atoms with Gasteiger partial charge in [0.25, 0.3) is 5.91 Å². The van der Waals surface area contributed by atoms with Crippen LogP contribution in [0.5, 0.6) is 5.75 Å². The molecule has 26 heavy (non-hydrogen) atoms. The molecule has 2 aromatic rings. The molecule has 0 radical (unpaired) electrons. The minimum absolute atomic E-state index is 0.0558. The van der Waals surface area contributed by atoms with Crippen molar-refractivity contribution in [2.75, 3.05) is 7.11 Å². The van der Waals surface area contributed by atoms with E-state index in [-0.39, 0.29) is 18.2 Å². The molecule has 6 heteroatoms. The van der Waals surface area contributed by atoms with Crippen molar-refractivity contribution in [3.8, 4) is 5.75 Å². The van der Waals surface area contributed by atoms with Crippen LogP contribution in [0.1, 0.15) is 28.4 Å². The monoisotopic (exact) mass is 352 g/mol. The Morgan fingerprint density at radius 2 is 1.88 bits per heavy atom. The zero-order valence-corrected chi connectivity index (χ0v) is 14.7. The number of methoxy groups -OCH3 is 1. The van der Waals surface area contributed by atoms with Gasteiger partial charge < -0.3 is 10.1 Å². The first-order valence-corrected chi connectivity index (χ1v) is 8.33. The Bertz CT molecular complexity index is 848. The molecule has 3 rings (SSSR count). The molecule has 0 spiro atoms. The van der Waals surface area contributed by atoms with Crippen LogP contribution in [0.3, 0.4) is 0 Å². The van der Waals surface area contributed by atoms with Gasteiger partial charge in [-0.2, -0.15) is 0 Å². The first kappa shape index (κ1) is 17.7. The fraction of sp³-hybridized carbons (Fsp3) is 0.250. The van der Waals surface area contributed by atoms with Gasteiger partial charge in [0.1, 0.15) is 11.8 Å². The summed E-state index contributed by atoms with van der Waals surface area (Å²) in [5.41, 5.74) is 2.10. The Morgan fingerprint density at radius 3 is 2.54 bits per heavy atom. The molecule has 1 aliphatic heterocycles. The van der Waals surface area contributed by atoms with E-state index < -0.39 is 12.1 Å². The van der Waals surface area contributed by atoms with Crippen LogP contribution in [0.15, 0.2) is 48.5 Å². The summed E-state index contributed by atoms with van der Waals surface area (Å²) in [7, 11) is 1.51. The average molecular weight is 352 g/mol. The third-order valence-electron chi connectivity index (χ3n) is 4.41. The number of nitrogens with one attached hydrogen (secondary N) is 1. The molecular formula is C20H20N2O4. The van der Waals surface area contributed by atoms with Gasteiger partial charge in [0.05, 0.1) is 13.7 Å². The third-order valence-corrected chi connectivity index (χ3v) is 4.41. The molecule has 1 N–H and O–H groups in total. The van der Waals surface area contributed by atoms with Crippen molar-refractivity contribution in [3.63, 3.8) is 0 Å². The van der Waals surface area contributed by atoms with E-state index in [0.29, 0.717) is 23.3 Å². The molecule has 0 saturated carbocycles. The summed E-state index contributed by atoms with van der Waals surface area (Å²) in [5.74, 6) is 0.157. The van der Waals surface area contributed by atoms with E-state index in [1.165, 1.54) is 14.0 Å². The number of benzene rings is 2. The number of urea groups is 1. The standard InChI is InChI=1S/C20H20N2O4/c1-13(23)15-8-9-18(26-2)16(11-15)12-22-19(24)17(21-20(22)25)10-14-6-4-3-5-7-14/h3-9,11,17H,10,12H2,1-2H3,(H,21,25)/t17-/m1/s1. The predicted molar refractivity (Wildman–Crippen MR) is 96.0 cm³/mol. The number of ketones is 1. The molecule has 1 aliphatic rings. The van der Waals surface area contributed by atoms with E-state index in [4.69, 9.17) is 4.74 Å². The van der Waals surface area contributed by atoms with Gasteiger partial charge >= 0.3 is 6.03 Å². The number of hydrogen-bond donors (Lipinski definition) is 1. The smallest absolute Gasteiger partial charge is 0.325 e. The summed E-state index contributed by atoms with van der Waals surface area (Å²) in [6, 6.07) is 13.5. The number of rotatable bonds is 6. The lowest BCUT2D eigenvalue weighted by molar-refractivity contribution is -0.127. The number of carbonyl (C=O) groups is 3. The maximum Gasteiger partial charge on any atom is 0.325 e. The minimum atomic E-state index is -0.591. The van der Waals surface area contributed by atoms with E-state index in [9.17, 15) is 14.4 Å². The van der Waals surface area contributed by atoms with Crippen molar-refractivity contribution in [1.29, 1.82) is 0 Å². The largest absolute Gasteiger partial charge is 0.496 e. The molecule has 1 fully saturated rings. The molecule has 134 valence electrons. The molecular weight excluding hydrogens is 332 g/mol. The van der Waals surface area contributed by atoms with Crippen molar-refractivity contribution in [1.82, 2.24) is 10.2 Å². The molecule has 1 saturated heterocycles. The second kappa shape index (κ2) is 7.39. The lowest BCUT2D eigenvalue weighted by Crippen LogP contribution is -2.32. The van der Waals surface area contributed by atoms with Gasteiger partial charge in [-0.1, -0.05) is 30.3 Å². The van der Waals surface area contributed by atoms with E-state index in [1.54, 1.807) is 18.2 Å². The highest BCUT2D eigenvalue weighted by molar-refractivity contribution is 6.04. The molecule has 6 nitrogen and oxygen atoms in total. The van der Waals surface area contributed by atoms with Crippen LogP contribution in [0.25, 0.3) is 0 Å². The molecule has 2 aromatic carbocycles. The molecule has 3 amide bonds. The second-order valence-corrected chi connectivity index (χ2v) is 6.20. The van der Waals surface area contributed by atoms with Gasteiger partial charge in [-0.05, 0) is 30.7 Å². The van der Waals surface area contributed by atoms with E-state index >= 15 is 0 Å². The topological polar surface area (TPSA) is 75.7 Å². The third kappa shape index (κ3) is 3.59. The van der Waals surface area contributed by atoms with Crippen LogP contribution in [0, 0.1) is 0 Å². The van der Waals surface area contributed by atoms with E-state index in [0.717, 1.165) is 10.5 Å². The Hall–Kier alpha value is -3.15. The molecule has 0 aromatic heterocycles. The average Bonchev–Trinajstić information content (AvgIpc) is 2.90. The van der Waals surface area contributed by atoms with Gasteiger partial charge in [0, 0.05) is 17.5 Å². The number of imide groups is 1. The van der Waals surface area contributed by atoms with Crippen molar-refractivity contribution in [2.45, 2.75) is 25.9 Å². The fourth-order valence-corrected chi connectivity index (χ4v) is 3.01. The van der Waals surface area contributed by atoms with E-state index in [1.807, 2.05) is 30.3 Å². The Labute approximate surface area is 151 Å². The highest BCUT2D eigenvalue weighted by Gasteiger charge is 2.38. The van der Waals surface area contributed by atoms with Gasteiger partial charge in [0.2, 0.25) is 0 Å². The summed E-state index contributed by atoms with van der Waals surface area (Å²) in [4.78, 5) is 37.8. The number of nitrogens with zero attached hydrogens (tertiary/aromatic N) is 1. The first-order valence-electron chi connectivity index (χ1n) is 8.33. The maximum atomic E-state index is 12.7. The highest BCUT2D eigenvalue weighted by atomic mass is 16.5. The normalized spacial score (nSPS) is 16.5. The predicted octanol–water partition coefficient (Wildman–Crippen LogP) is 2.56. The molecule has 0 aliphatic carbocycles. The van der Waals surface area contributed by atoms with E-state index in [2.05, 4.69) is 5.32 Å². The summed E-state index contributed by atoms with van der Waals surface area (Å²) < 4.78 is 5.30. The van der Waals surface area contributed by atoms with Crippen molar-refractivity contribution in [3.05, 3.63) is 65.2 Å². The maximum absolute atomic E-state index is 12.7. The highest BCUT2D eigenvalue weighted by Crippen LogP contribution is 2.24. The molecule has 0 bridgehead atoms. The zero-order chi connectivity index (χ0) is 18.7. The lowest BCUT2D eigenvalue weighted by atomic mass is 10.0. The number of hydrogen-bond acceptors (Lipinski definition) is 4. The number of Topliss-reactive ketones (excluding diaryl/α,β-unsaturated/α-hetero) is 1. The zero-order valence-electron chi connectivity index (χ0n) is 14.7. The molecule has 0 unspecified atom stereocenters.